The van der Waals surface area contributed by atoms with Crippen LogP contribution in [0, 0.1) is 5.92 Å². The van der Waals surface area contributed by atoms with E-state index in [1.54, 1.807) is 13.4 Å². The van der Waals surface area contributed by atoms with Gasteiger partial charge in [-0.2, -0.15) is 0 Å². The van der Waals surface area contributed by atoms with Crippen LogP contribution in [0.2, 0.25) is 0 Å². The first-order valence-electron chi connectivity index (χ1n) is 11.1. The van der Waals surface area contributed by atoms with Crippen LogP contribution in [0.3, 0.4) is 0 Å². The summed E-state index contributed by atoms with van der Waals surface area (Å²) in [6.45, 7) is 4.52. The predicted octanol–water partition coefficient (Wildman–Crippen LogP) is 3.52. The minimum Gasteiger partial charge on any atom is -0.497 e. The average Bonchev–Trinajstić information content (AvgIpc) is 3.32. The van der Waals surface area contributed by atoms with E-state index in [0.29, 0.717) is 12.0 Å². The van der Waals surface area contributed by atoms with Crippen molar-refractivity contribution in [2.24, 2.45) is 10.9 Å². The lowest BCUT2D eigenvalue weighted by molar-refractivity contribution is -0.0559. The van der Waals surface area contributed by atoms with Gasteiger partial charge in [0.1, 0.15) is 11.5 Å². The molecule has 1 aromatic heterocycles. The molecule has 6 nitrogen and oxygen atoms in total. The molecule has 2 aromatic rings. The summed E-state index contributed by atoms with van der Waals surface area (Å²) in [5, 5.41) is 3.62. The molecule has 2 unspecified atom stereocenters. The quantitative estimate of drug-likeness (QED) is 0.558. The first kappa shape index (κ1) is 20.8. The van der Waals surface area contributed by atoms with Crippen molar-refractivity contribution < 1.29 is 13.9 Å². The number of hydrogen-bond acceptors (Lipinski definition) is 4. The maximum absolute atomic E-state index is 5.99. The molecular formula is C24H33N3O3. The monoisotopic (exact) mass is 411 g/mol. The third-order valence-electron chi connectivity index (χ3n) is 6.07. The van der Waals surface area contributed by atoms with E-state index in [-0.39, 0.29) is 0 Å². The molecule has 2 saturated heterocycles. The van der Waals surface area contributed by atoms with Gasteiger partial charge in [-0.25, -0.2) is 0 Å². The Morgan fingerprint density at radius 1 is 1.20 bits per heavy atom. The molecule has 2 atom stereocenters. The number of furan rings is 1. The zero-order valence-electron chi connectivity index (χ0n) is 17.9. The van der Waals surface area contributed by atoms with Crippen LogP contribution in [0.25, 0.3) is 0 Å². The molecule has 0 spiro atoms. The zero-order valence-corrected chi connectivity index (χ0v) is 17.9. The number of nitrogens with zero attached hydrogens (tertiary/aromatic N) is 2. The highest BCUT2D eigenvalue weighted by atomic mass is 16.5. The summed E-state index contributed by atoms with van der Waals surface area (Å²) in [5.74, 6) is 3.51. The summed E-state index contributed by atoms with van der Waals surface area (Å²) in [5.41, 5.74) is 1.29. The molecule has 0 bridgehead atoms. The van der Waals surface area contributed by atoms with Gasteiger partial charge in [0, 0.05) is 45.1 Å². The van der Waals surface area contributed by atoms with Crippen LogP contribution in [0.1, 0.15) is 30.6 Å². The second-order valence-electron chi connectivity index (χ2n) is 8.11. The van der Waals surface area contributed by atoms with Crippen LogP contribution in [-0.2, 0) is 17.6 Å². The molecule has 2 aliphatic heterocycles. The maximum Gasteiger partial charge on any atom is 0.193 e. The third kappa shape index (κ3) is 5.57. The largest absolute Gasteiger partial charge is 0.497 e. The van der Waals surface area contributed by atoms with Crippen LogP contribution < -0.4 is 10.1 Å². The number of ether oxygens (including phenoxy) is 2. The number of benzene rings is 1. The van der Waals surface area contributed by atoms with Crippen molar-refractivity contribution in [3.63, 3.8) is 0 Å². The van der Waals surface area contributed by atoms with E-state index >= 15 is 0 Å². The van der Waals surface area contributed by atoms with E-state index in [1.165, 1.54) is 18.4 Å². The highest BCUT2D eigenvalue weighted by molar-refractivity contribution is 5.80. The molecule has 30 heavy (non-hydrogen) atoms. The fourth-order valence-corrected chi connectivity index (χ4v) is 4.39. The Balaban J connectivity index is 1.36. The lowest BCUT2D eigenvalue weighted by atomic mass is 9.88. The first-order valence-corrected chi connectivity index (χ1v) is 11.1. The van der Waals surface area contributed by atoms with Crippen LogP contribution in [0.5, 0.6) is 5.75 Å². The van der Waals surface area contributed by atoms with E-state index < -0.39 is 0 Å². The van der Waals surface area contributed by atoms with Gasteiger partial charge in [0.15, 0.2) is 5.96 Å². The number of guanidine groups is 1. The summed E-state index contributed by atoms with van der Waals surface area (Å²) in [4.78, 5) is 7.35. The molecular weight excluding hydrogens is 378 g/mol. The SMILES string of the molecule is COc1ccc(CCNC(=NCCc2ccco2)N2CCC3OCCCC3C2)cc1. The van der Waals surface area contributed by atoms with Crippen molar-refractivity contribution in [2.45, 2.75) is 38.2 Å². The summed E-state index contributed by atoms with van der Waals surface area (Å²) >= 11 is 0. The second kappa shape index (κ2) is 10.5. The molecule has 0 amide bonds. The van der Waals surface area contributed by atoms with Crippen molar-refractivity contribution in [3.05, 3.63) is 54.0 Å². The highest BCUT2D eigenvalue weighted by Crippen LogP contribution is 2.28. The summed E-state index contributed by atoms with van der Waals surface area (Å²) in [7, 11) is 1.70. The normalized spacial score (nSPS) is 21.9. The molecule has 0 aliphatic carbocycles. The minimum absolute atomic E-state index is 0.429. The number of rotatable bonds is 7. The van der Waals surface area contributed by atoms with Crippen molar-refractivity contribution in [3.8, 4) is 5.75 Å². The molecule has 162 valence electrons. The number of nitrogens with one attached hydrogen (secondary N) is 1. The Morgan fingerprint density at radius 3 is 2.90 bits per heavy atom. The topological polar surface area (TPSA) is 59.2 Å². The van der Waals surface area contributed by atoms with Gasteiger partial charge in [-0.05, 0) is 55.5 Å². The number of likely N-dealkylation sites (tertiary alicyclic amines) is 1. The van der Waals surface area contributed by atoms with E-state index in [2.05, 4.69) is 22.3 Å². The molecule has 6 heteroatoms. The van der Waals surface area contributed by atoms with Gasteiger partial charge in [-0.3, -0.25) is 4.99 Å². The van der Waals surface area contributed by atoms with Crippen LogP contribution >= 0.6 is 0 Å². The Kier molecular flexibility index (Phi) is 7.29. The molecule has 1 aromatic carbocycles. The number of piperidine rings is 1. The Bertz CT molecular complexity index is 789. The molecule has 2 fully saturated rings. The van der Waals surface area contributed by atoms with E-state index in [9.17, 15) is 0 Å². The number of methoxy groups -OCH3 is 1. The van der Waals surface area contributed by atoms with E-state index in [0.717, 1.165) is 69.5 Å². The Labute approximate surface area is 179 Å². The maximum atomic E-state index is 5.99. The predicted molar refractivity (Wildman–Crippen MR) is 118 cm³/mol. The number of hydrogen-bond donors (Lipinski definition) is 1. The molecule has 2 aliphatic rings. The van der Waals surface area contributed by atoms with Crippen LogP contribution in [0.15, 0.2) is 52.1 Å². The minimum atomic E-state index is 0.429. The molecule has 4 rings (SSSR count). The summed E-state index contributed by atoms with van der Waals surface area (Å²) in [6, 6.07) is 12.2. The van der Waals surface area contributed by atoms with Crippen LogP contribution in [0.4, 0.5) is 0 Å². The van der Waals surface area contributed by atoms with Gasteiger partial charge in [0.25, 0.3) is 0 Å². The van der Waals surface area contributed by atoms with Gasteiger partial charge in [0.05, 0.1) is 19.5 Å². The molecule has 3 heterocycles. The second-order valence-corrected chi connectivity index (χ2v) is 8.11. The highest BCUT2D eigenvalue weighted by Gasteiger charge is 2.33. The lowest BCUT2D eigenvalue weighted by Gasteiger charge is -2.42. The Hall–Kier alpha value is -2.47. The number of fused-ring (bicyclic) bond motifs is 1. The van der Waals surface area contributed by atoms with Crippen molar-refractivity contribution >= 4 is 5.96 Å². The first-order chi connectivity index (χ1) is 14.8. The Morgan fingerprint density at radius 2 is 2.10 bits per heavy atom. The van der Waals surface area contributed by atoms with Crippen molar-refractivity contribution in [1.82, 2.24) is 10.2 Å². The van der Waals surface area contributed by atoms with Gasteiger partial charge in [-0.1, -0.05) is 12.1 Å². The third-order valence-corrected chi connectivity index (χ3v) is 6.07. The summed E-state index contributed by atoms with van der Waals surface area (Å²) < 4.78 is 16.7. The standard InChI is InChI=1S/C24H33N3O3/c1-28-21-8-6-19(7-9-21)10-13-25-24(26-14-11-22-5-3-16-29-22)27-15-12-23-20(18-27)4-2-17-30-23/h3,5-9,16,20,23H,2,4,10-15,17-18H2,1H3,(H,25,26). The van der Waals surface area contributed by atoms with Gasteiger partial charge in [-0.15, -0.1) is 0 Å². The smallest absolute Gasteiger partial charge is 0.193 e. The van der Waals surface area contributed by atoms with Gasteiger partial charge < -0.3 is 24.1 Å². The molecule has 1 N–H and O–H groups in total. The van der Waals surface area contributed by atoms with Gasteiger partial charge >= 0.3 is 0 Å². The van der Waals surface area contributed by atoms with Crippen LogP contribution in [-0.4, -0.2) is 56.9 Å². The van der Waals surface area contributed by atoms with E-state index in [1.807, 2.05) is 24.3 Å². The lowest BCUT2D eigenvalue weighted by Crippen LogP contribution is -2.52. The number of aliphatic imine (C=N–C) groups is 1. The zero-order chi connectivity index (χ0) is 20.6. The average molecular weight is 412 g/mol. The van der Waals surface area contributed by atoms with Crippen molar-refractivity contribution in [2.75, 3.05) is 39.9 Å². The summed E-state index contributed by atoms with van der Waals surface area (Å²) in [6.07, 6.45) is 7.43. The molecule has 0 saturated carbocycles. The fraction of sp³-hybridized carbons (Fsp3) is 0.542. The molecule has 0 radical (unpaired) electrons. The van der Waals surface area contributed by atoms with Gasteiger partial charge in [0.2, 0.25) is 0 Å². The fourth-order valence-electron chi connectivity index (χ4n) is 4.39. The van der Waals surface area contributed by atoms with E-state index in [4.69, 9.17) is 18.9 Å². The van der Waals surface area contributed by atoms with Crippen molar-refractivity contribution in [1.29, 1.82) is 0 Å².